The molecule has 0 radical (unpaired) electrons. The lowest BCUT2D eigenvalue weighted by Crippen LogP contribution is -2.46. The molecule has 0 atom stereocenters. The highest BCUT2D eigenvalue weighted by atomic mass is 32.2. The number of nitrogens with zero attached hydrogens (tertiary/aromatic N) is 7. The zero-order chi connectivity index (χ0) is 35.1. The van der Waals surface area contributed by atoms with E-state index in [1.54, 1.807) is 48.6 Å². The summed E-state index contributed by atoms with van der Waals surface area (Å²) in [4.78, 5) is 45.8. The van der Waals surface area contributed by atoms with Gasteiger partial charge in [-0.1, -0.05) is 13.8 Å². The number of ketones is 1. The molecule has 1 aromatic carbocycles. The van der Waals surface area contributed by atoms with Crippen molar-refractivity contribution in [3.05, 3.63) is 54.6 Å². The van der Waals surface area contributed by atoms with Crippen molar-refractivity contribution >= 4 is 40.7 Å². The van der Waals surface area contributed by atoms with Gasteiger partial charge in [-0.25, -0.2) is 9.50 Å². The Hall–Kier alpha value is -4.37. The lowest BCUT2D eigenvalue weighted by Gasteiger charge is -2.36. The Morgan fingerprint density at radius 3 is 2.47 bits per heavy atom. The molecule has 2 aliphatic rings. The van der Waals surface area contributed by atoms with Crippen molar-refractivity contribution in [3.8, 4) is 17.0 Å². The summed E-state index contributed by atoms with van der Waals surface area (Å²) < 4.78 is 34.8. The quantitative estimate of drug-likeness (QED) is 0.210. The number of hydrogen-bond acceptors (Lipinski definition) is 9. The number of amides is 2. The second-order valence-electron chi connectivity index (χ2n) is 12.5. The number of likely N-dealkylation sites (tertiary alicyclic amines) is 2. The van der Waals surface area contributed by atoms with Crippen LogP contribution >= 0.6 is 11.8 Å². The first-order chi connectivity index (χ1) is 23.5. The molecule has 49 heavy (non-hydrogen) atoms. The average molecular weight is 697 g/mol. The fourth-order valence-electron chi connectivity index (χ4n) is 6.03. The molecule has 0 saturated carbocycles. The van der Waals surface area contributed by atoms with E-state index >= 15 is 0 Å². The fourth-order valence-corrected chi connectivity index (χ4v) is 6.91. The lowest BCUT2D eigenvalue weighted by atomic mass is 10.0. The highest BCUT2D eigenvalue weighted by molar-refractivity contribution is 7.99. The highest BCUT2D eigenvalue weighted by Crippen LogP contribution is 2.39. The number of carbonyl (C=O) groups excluding carboxylic acids is 3. The van der Waals surface area contributed by atoms with E-state index in [0.29, 0.717) is 24.8 Å². The van der Waals surface area contributed by atoms with Crippen LogP contribution in [0.1, 0.15) is 63.7 Å². The average Bonchev–Trinajstić information content (AvgIpc) is 3.82. The van der Waals surface area contributed by atoms with Gasteiger partial charge in [0.15, 0.2) is 5.65 Å². The van der Waals surface area contributed by atoms with E-state index in [-0.39, 0.29) is 51.7 Å². The molecule has 2 saturated heterocycles. The summed E-state index contributed by atoms with van der Waals surface area (Å²) in [5.41, 5.74) is 1.29. The number of alkyl halides is 2. The Kier molecular flexibility index (Phi) is 12.0. The molecule has 0 bridgehead atoms. The molecule has 1 N–H and O–H groups in total. The Bertz CT molecular complexity index is 1760. The normalized spacial score (nSPS) is 15.5. The Morgan fingerprint density at radius 1 is 1.08 bits per heavy atom. The third-order valence-corrected chi connectivity index (χ3v) is 9.10. The van der Waals surface area contributed by atoms with Crippen molar-refractivity contribution in [1.82, 2.24) is 34.2 Å². The number of carbonyl (C=O) groups is 3. The van der Waals surface area contributed by atoms with Gasteiger partial charge in [0, 0.05) is 53.4 Å². The van der Waals surface area contributed by atoms with E-state index in [4.69, 9.17) is 4.74 Å². The monoisotopic (exact) mass is 696 g/mol. The molecule has 6 rings (SSSR count). The maximum absolute atomic E-state index is 13.5. The van der Waals surface area contributed by atoms with Crippen molar-refractivity contribution in [2.45, 2.75) is 82.7 Å². The molecule has 0 spiro atoms. The topological polar surface area (TPSA) is 127 Å². The van der Waals surface area contributed by atoms with Crippen LogP contribution in [-0.2, 0) is 16.1 Å². The zero-order valence-electron chi connectivity index (χ0n) is 28.1. The molecule has 3 aromatic heterocycles. The van der Waals surface area contributed by atoms with Crippen LogP contribution in [0.15, 0.2) is 53.9 Å². The largest absolute Gasteiger partial charge is 0.434 e. The number of thioether (sulfide) groups is 1. The minimum absolute atomic E-state index is 0.0685. The number of hydrogen-bond donors (Lipinski definition) is 1. The number of Topliss-reactive ketones (excluding diaryl/α,β-unsaturated/α-hetero) is 1. The van der Waals surface area contributed by atoms with Gasteiger partial charge in [0.25, 0.3) is 5.91 Å². The van der Waals surface area contributed by atoms with E-state index in [1.165, 1.54) is 48.1 Å². The Labute approximate surface area is 288 Å². The van der Waals surface area contributed by atoms with Gasteiger partial charge in [0.2, 0.25) is 5.91 Å². The molecule has 15 heteroatoms. The van der Waals surface area contributed by atoms with Crippen LogP contribution in [0.25, 0.3) is 16.9 Å². The Balaban J connectivity index is 0.00000111. The van der Waals surface area contributed by atoms with Crippen molar-refractivity contribution in [2.75, 3.05) is 31.5 Å². The standard InChI is InChI=1S/C31H36F2N8O3S.C3H6O/c1-20(2)45-22-6-7-26(44-31(32)33)23(16-22)28-25(36-30(43)24-17-35-41-13-5-10-34-29(24)41)18-40(37-28)19-27(42)39-14-8-21(9-15-39)38-11-3-4-12-38;1-3(2)4/h5-7,10,13,16-18,20-21,31H,3-4,8-9,11-12,14-15,19H2,1-2H3,(H,36,43);1-2H3. The molecule has 5 heterocycles. The lowest BCUT2D eigenvalue weighted by molar-refractivity contribution is -0.133. The first-order valence-electron chi connectivity index (χ1n) is 16.4. The van der Waals surface area contributed by atoms with Crippen LogP contribution in [0.5, 0.6) is 5.75 Å². The van der Waals surface area contributed by atoms with Crippen LogP contribution in [-0.4, -0.2) is 95.9 Å². The predicted molar refractivity (Wildman–Crippen MR) is 183 cm³/mol. The van der Waals surface area contributed by atoms with Crippen molar-refractivity contribution in [2.24, 2.45) is 0 Å². The van der Waals surface area contributed by atoms with Gasteiger partial charge >= 0.3 is 6.61 Å². The summed E-state index contributed by atoms with van der Waals surface area (Å²) in [5, 5.41) is 11.9. The first kappa shape index (κ1) is 35.9. The van der Waals surface area contributed by atoms with Gasteiger partial charge in [0.1, 0.15) is 29.3 Å². The van der Waals surface area contributed by atoms with E-state index in [9.17, 15) is 23.2 Å². The molecule has 12 nitrogen and oxygen atoms in total. The minimum atomic E-state index is -3.07. The summed E-state index contributed by atoms with van der Waals surface area (Å²) in [5.74, 6) is -0.530. The first-order valence-corrected chi connectivity index (χ1v) is 17.3. The van der Waals surface area contributed by atoms with E-state index < -0.39 is 12.5 Å². The van der Waals surface area contributed by atoms with Gasteiger partial charge in [-0.15, -0.1) is 11.8 Å². The smallest absolute Gasteiger partial charge is 0.387 e. The predicted octanol–water partition coefficient (Wildman–Crippen LogP) is 5.63. The van der Waals surface area contributed by atoms with Gasteiger partial charge in [-0.05, 0) is 76.9 Å². The van der Waals surface area contributed by atoms with E-state index in [2.05, 4.69) is 25.4 Å². The van der Waals surface area contributed by atoms with E-state index in [0.717, 1.165) is 30.8 Å². The van der Waals surface area contributed by atoms with Crippen LogP contribution in [0.3, 0.4) is 0 Å². The number of rotatable bonds is 10. The van der Waals surface area contributed by atoms with Crippen molar-refractivity contribution in [1.29, 1.82) is 0 Å². The molecule has 4 aromatic rings. The summed E-state index contributed by atoms with van der Waals surface area (Å²) in [6, 6.07) is 7.10. The maximum Gasteiger partial charge on any atom is 0.387 e. The number of ether oxygens (including phenoxy) is 1. The van der Waals surface area contributed by atoms with Gasteiger partial charge in [-0.2, -0.15) is 19.0 Å². The maximum atomic E-state index is 13.5. The van der Waals surface area contributed by atoms with E-state index in [1.807, 2.05) is 18.7 Å². The van der Waals surface area contributed by atoms with Crippen molar-refractivity contribution in [3.63, 3.8) is 0 Å². The summed E-state index contributed by atoms with van der Waals surface area (Å²) in [6.07, 6.45) is 10.5. The van der Waals surface area contributed by atoms with Crippen LogP contribution < -0.4 is 10.1 Å². The van der Waals surface area contributed by atoms with Crippen LogP contribution in [0, 0.1) is 0 Å². The van der Waals surface area contributed by atoms with Gasteiger partial charge < -0.3 is 24.6 Å². The Morgan fingerprint density at radius 2 is 1.80 bits per heavy atom. The number of piperidine rings is 1. The molecule has 0 unspecified atom stereocenters. The highest BCUT2D eigenvalue weighted by Gasteiger charge is 2.29. The third-order valence-electron chi connectivity index (χ3n) is 8.10. The molecule has 2 amide bonds. The molecular weight excluding hydrogens is 654 g/mol. The number of halogens is 2. The fraction of sp³-hybridized carbons (Fsp3) is 0.471. The molecule has 2 fully saturated rings. The molecule has 2 aliphatic heterocycles. The summed E-state index contributed by atoms with van der Waals surface area (Å²) >= 11 is 1.55. The third kappa shape index (κ3) is 9.41. The minimum Gasteiger partial charge on any atom is -0.434 e. The molecular formula is C34H42F2N8O4S. The SMILES string of the molecule is CC(C)=O.CC(C)Sc1ccc(OC(F)F)c(-c2nn(CC(=O)N3CCC(N4CCCC4)CC3)cc2NC(=O)c2cnn3cccnc23)c1. The number of nitrogens with one attached hydrogen (secondary N) is 1. The summed E-state index contributed by atoms with van der Waals surface area (Å²) in [6.45, 7) is 7.56. The molecule has 262 valence electrons. The van der Waals surface area contributed by atoms with Crippen molar-refractivity contribution < 1.29 is 27.9 Å². The summed E-state index contributed by atoms with van der Waals surface area (Å²) in [7, 11) is 0. The number of anilines is 1. The number of aromatic nitrogens is 5. The van der Waals surface area contributed by atoms with Crippen LogP contribution in [0.4, 0.5) is 14.5 Å². The number of fused-ring (bicyclic) bond motifs is 1. The second-order valence-corrected chi connectivity index (χ2v) is 14.1. The number of benzene rings is 1. The van der Waals surface area contributed by atoms with Crippen LogP contribution in [0.2, 0.25) is 0 Å². The zero-order valence-corrected chi connectivity index (χ0v) is 29.0. The molecule has 0 aliphatic carbocycles. The van der Waals surface area contributed by atoms with Gasteiger partial charge in [0.05, 0.1) is 11.9 Å². The second kappa shape index (κ2) is 16.4. The van der Waals surface area contributed by atoms with Gasteiger partial charge in [-0.3, -0.25) is 14.3 Å².